The fourth-order valence-electron chi connectivity index (χ4n) is 5.66. The van der Waals surface area contributed by atoms with Gasteiger partial charge in [0, 0.05) is 23.8 Å². The van der Waals surface area contributed by atoms with Crippen LogP contribution in [0.1, 0.15) is 86.8 Å². The minimum Gasteiger partial charge on any atom is -0.326 e. The minimum absolute atomic E-state index is 0.247. The lowest BCUT2D eigenvalue weighted by molar-refractivity contribution is -0.929. The van der Waals surface area contributed by atoms with Gasteiger partial charge in [0.05, 0.1) is 16.8 Å². The monoisotopic (exact) mass is 496 g/mol. The van der Waals surface area contributed by atoms with Crippen molar-refractivity contribution in [3.05, 3.63) is 56.7 Å². The summed E-state index contributed by atoms with van der Waals surface area (Å²) in [5, 5.41) is 1.92. The lowest BCUT2D eigenvalue weighted by Gasteiger charge is -2.26. The van der Waals surface area contributed by atoms with E-state index in [2.05, 4.69) is 41.8 Å². The molecule has 3 heterocycles. The van der Waals surface area contributed by atoms with Crippen molar-refractivity contribution in [2.45, 2.75) is 95.4 Å². The van der Waals surface area contributed by atoms with Crippen molar-refractivity contribution in [1.29, 1.82) is 0 Å². The fraction of sp³-hybridized carbons (Fsp3) is 0.571. The first kappa shape index (κ1) is 24.1. The summed E-state index contributed by atoms with van der Waals surface area (Å²) in [4.78, 5) is 23.1. The van der Waals surface area contributed by atoms with Crippen LogP contribution in [0.25, 0.3) is 10.2 Å². The first-order valence-electron chi connectivity index (χ1n) is 13.3. The third kappa shape index (κ3) is 5.29. The van der Waals surface area contributed by atoms with Gasteiger partial charge in [-0.1, -0.05) is 87.5 Å². The molecule has 1 aromatic carbocycles. The highest BCUT2D eigenvalue weighted by atomic mass is 32.2. The van der Waals surface area contributed by atoms with Crippen molar-refractivity contribution in [3.8, 4) is 0 Å². The Morgan fingerprint density at radius 1 is 1.12 bits per heavy atom. The van der Waals surface area contributed by atoms with Crippen LogP contribution in [0.5, 0.6) is 0 Å². The molecule has 5 rings (SSSR count). The van der Waals surface area contributed by atoms with E-state index in [1.54, 1.807) is 16.2 Å². The van der Waals surface area contributed by atoms with Crippen LogP contribution >= 0.6 is 23.1 Å². The largest absolute Gasteiger partial charge is 0.326 e. The maximum Gasteiger partial charge on any atom is 0.263 e. The van der Waals surface area contributed by atoms with Gasteiger partial charge >= 0.3 is 0 Å². The molecule has 2 aromatic heterocycles. The number of rotatable bonds is 9. The molecule has 1 aliphatic heterocycles. The molecule has 1 atom stereocenters. The van der Waals surface area contributed by atoms with E-state index in [1.165, 1.54) is 60.9 Å². The molecule has 2 aliphatic rings. The third-order valence-electron chi connectivity index (χ3n) is 7.51. The van der Waals surface area contributed by atoms with E-state index in [4.69, 9.17) is 4.98 Å². The number of nitrogens with zero attached hydrogens (tertiary/aromatic N) is 2. The van der Waals surface area contributed by atoms with E-state index >= 15 is 0 Å². The predicted octanol–water partition coefficient (Wildman–Crippen LogP) is 5.78. The van der Waals surface area contributed by atoms with Crippen molar-refractivity contribution in [3.63, 3.8) is 0 Å². The van der Waals surface area contributed by atoms with Crippen LogP contribution in [0.2, 0.25) is 0 Å². The maximum atomic E-state index is 14.0. The average molecular weight is 497 g/mol. The van der Waals surface area contributed by atoms with Crippen LogP contribution in [-0.2, 0) is 19.5 Å². The van der Waals surface area contributed by atoms with Gasteiger partial charge in [-0.25, -0.2) is 4.98 Å². The number of fused-ring (bicyclic) bond motifs is 3. The van der Waals surface area contributed by atoms with Crippen LogP contribution in [-0.4, -0.2) is 21.8 Å². The first-order valence-corrected chi connectivity index (χ1v) is 15.1. The van der Waals surface area contributed by atoms with Gasteiger partial charge in [0.15, 0.2) is 5.16 Å². The quantitative estimate of drug-likeness (QED) is 0.232. The zero-order valence-electron chi connectivity index (χ0n) is 20.5. The van der Waals surface area contributed by atoms with E-state index in [1.807, 2.05) is 11.8 Å². The molecule has 1 fully saturated rings. The maximum absolute atomic E-state index is 14.0. The second-order valence-corrected chi connectivity index (χ2v) is 12.2. The highest BCUT2D eigenvalue weighted by molar-refractivity contribution is 7.99. The van der Waals surface area contributed by atoms with E-state index in [0.717, 1.165) is 60.0 Å². The predicted molar refractivity (Wildman–Crippen MR) is 144 cm³/mol. The zero-order chi connectivity index (χ0) is 23.3. The van der Waals surface area contributed by atoms with Crippen molar-refractivity contribution < 1.29 is 4.90 Å². The van der Waals surface area contributed by atoms with Crippen LogP contribution in [0.3, 0.4) is 0 Å². The van der Waals surface area contributed by atoms with Gasteiger partial charge in [0.1, 0.15) is 17.9 Å². The molecular weight excluding hydrogens is 458 g/mol. The number of quaternary nitrogens is 1. The highest BCUT2D eigenvalue weighted by Crippen LogP contribution is 2.35. The summed E-state index contributed by atoms with van der Waals surface area (Å²) in [7, 11) is 0. The Hall–Kier alpha value is -1.63. The Labute approximate surface area is 211 Å². The molecule has 1 saturated carbocycles. The molecule has 6 heteroatoms. The Bertz CT molecular complexity index is 1150. The summed E-state index contributed by atoms with van der Waals surface area (Å²) in [5.41, 5.74) is 2.94. The van der Waals surface area contributed by atoms with Crippen molar-refractivity contribution in [2.75, 3.05) is 12.3 Å². The number of thioether (sulfide) groups is 1. The van der Waals surface area contributed by atoms with E-state index < -0.39 is 0 Å². The standard InChI is InChI=1S/C28H37N3OS2/c1-2-3-4-11-18-33-28-29-26-25(27(32)31(28)22-14-9-6-10-15-22)23-16-17-30(20-24(23)34-26)19-21-12-7-5-8-13-21/h5,7-8,12-13,22H,2-4,6,9-11,14-20H2,1H3/p+1. The molecule has 0 spiro atoms. The number of thiophene rings is 1. The summed E-state index contributed by atoms with van der Waals surface area (Å²) >= 11 is 3.61. The summed E-state index contributed by atoms with van der Waals surface area (Å²) in [6.07, 6.45) is 12.0. The van der Waals surface area contributed by atoms with Crippen molar-refractivity contribution >= 4 is 33.3 Å². The van der Waals surface area contributed by atoms with E-state index in [9.17, 15) is 4.79 Å². The van der Waals surface area contributed by atoms with Crippen molar-refractivity contribution in [1.82, 2.24) is 9.55 Å². The molecular formula is C28H38N3OS2+. The second-order valence-electron chi connectivity index (χ2n) is 10.0. The Kier molecular flexibility index (Phi) is 8.08. The van der Waals surface area contributed by atoms with Crippen LogP contribution in [0, 0.1) is 0 Å². The van der Waals surface area contributed by atoms with Gasteiger partial charge in [-0.2, -0.15) is 0 Å². The highest BCUT2D eigenvalue weighted by Gasteiger charge is 2.29. The topological polar surface area (TPSA) is 39.3 Å². The lowest BCUT2D eigenvalue weighted by Crippen LogP contribution is -3.10. The van der Waals surface area contributed by atoms with E-state index in [-0.39, 0.29) is 5.56 Å². The normalized spacial score (nSPS) is 18.9. The molecule has 4 nitrogen and oxygen atoms in total. The summed E-state index contributed by atoms with van der Waals surface area (Å²) in [6.45, 7) is 5.40. The Morgan fingerprint density at radius 3 is 2.74 bits per heavy atom. The van der Waals surface area contributed by atoms with Gasteiger partial charge in [0.2, 0.25) is 0 Å². The molecule has 0 amide bonds. The van der Waals surface area contributed by atoms with Gasteiger partial charge in [-0.3, -0.25) is 9.36 Å². The number of benzene rings is 1. The minimum atomic E-state index is 0.247. The Morgan fingerprint density at radius 2 is 1.94 bits per heavy atom. The zero-order valence-corrected chi connectivity index (χ0v) is 22.1. The molecule has 1 N–H and O–H groups in total. The van der Waals surface area contributed by atoms with Gasteiger partial charge in [0.25, 0.3) is 5.56 Å². The Balaban J connectivity index is 1.44. The smallest absolute Gasteiger partial charge is 0.263 e. The summed E-state index contributed by atoms with van der Waals surface area (Å²) < 4.78 is 2.13. The molecule has 34 heavy (non-hydrogen) atoms. The van der Waals surface area contributed by atoms with Crippen LogP contribution in [0.4, 0.5) is 0 Å². The first-order chi connectivity index (χ1) is 16.7. The van der Waals surface area contributed by atoms with Crippen LogP contribution < -0.4 is 10.5 Å². The second kappa shape index (κ2) is 11.4. The third-order valence-corrected chi connectivity index (χ3v) is 9.68. The molecule has 1 aliphatic carbocycles. The van der Waals surface area contributed by atoms with Gasteiger partial charge in [-0.15, -0.1) is 11.3 Å². The number of hydrogen-bond acceptors (Lipinski definition) is 4. The lowest BCUT2D eigenvalue weighted by atomic mass is 9.95. The molecule has 1 unspecified atom stereocenters. The number of aromatic nitrogens is 2. The molecule has 0 radical (unpaired) electrons. The summed E-state index contributed by atoms with van der Waals surface area (Å²) in [5.74, 6) is 1.06. The van der Waals surface area contributed by atoms with Crippen molar-refractivity contribution in [2.24, 2.45) is 0 Å². The van der Waals surface area contributed by atoms with E-state index in [0.29, 0.717) is 6.04 Å². The molecule has 3 aromatic rings. The van der Waals surface area contributed by atoms with Gasteiger partial charge < -0.3 is 4.90 Å². The summed E-state index contributed by atoms with van der Waals surface area (Å²) in [6, 6.07) is 11.1. The van der Waals surface area contributed by atoms with Gasteiger partial charge in [-0.05, 0) is 24.8 Å². The molecule has 182 valence electrons. The number of unbranched alkanes of at least 4 members (excludes halogenated alkanes) is 3. The SMILES string of the molecule is CCCCCCSc1nc2sc3c(c2c(=O)n1C1CCCCC1)CC[NH+](Cc1ccccc1)C3. The molecule has 0 bridgehead atoms. The fourth-order valence-corrected chi connectivity index (χ4v) is 8.06. The number of nitrogens with one attached hydrogen (secondary N) is 1. The number of hydrogen-bond donors (Lipinski definition) is 1. The average Bonchev–Trinajstić information content (AvgIpc) is 3.23. The van der Waals surface area contributed by atoms with Crippen LogP contribution in [0.15, 0.2) is 40.3 Å². The molecule has 0 saturated heterocycles.